The molecule has 1 aliphatic carbocycles. The smallest absolute Gasteiger partial charge is 0.261 e. The molecule has 2 heterocycles. The Balaban J connectivity index is 0.00000196. The highest BCUT2D eigenvalue weighted by Gasteiger charge is 2.19. The van der Waals surface area contributed by atoms with Crippen molar-refractivity contribution in [1.82, 2.24) is 15.3 Å². The van der Waals surface area contributed by atoms with Crippen molar-refractivity contribution in [2.75, 3.05) is 18.4 Å². The van der Waals surface area contributed by atoms with Gasteiger partial charge in [0.2, 0.25) is 0 Å². The van der Waals surface area contributed by atoms with Crippen LogP contribution in [0.1, 0.15) is 37.9 Å². The monoisotopic (exact) mass is 398 g/mol. The van der Waals surface area contributed by atoms with E-state index in [0.29, 0.717) is 34.1 Å². The minimum absolute atomic E-state index is 0. The molecule has 1 aliphatic heterocycles. The Morgan fingerprint density at radius 2 is 2.00 bits per heavy atom. The number of nitrogens with zero attached hydrogens (tertiary/aromatic N) is 1. The number of hydrogen-bond acceptors (Lipinski definition) is 5. The fraction of sp³-hybridized carbons (Fsp3) is 0.556. The van der Waals surface area contributed by atoms with Crippen LogP contribution in [0.15, 0.2) is 16.9 Å². The van der Waals surface area contributed by atoms with Crippen molar-refractivity contribution >= 4 is 40.8 Å². The molecule has 3 N–H and O–H groups in total. The minimum atomic E-state index is -0.509. The normalized spacial score (nSPS) is 18.3. The molecule has 1 aromatic heterocycles. The van der Waals surface area contributed by atoms with Gasteiger partial charge >= 0.3 is 0 Å². The van der Waals surface area contributed by atoms with Crippen molar-refractivity contribution in [3.05, 3.63) is 34.1 Å². The van der Waals surface area contributed by atoms with E-state index in [9.17, 15) is 9.18 Å². The van der Waals surface area contributed by atoms with Gasteiger partial charge < -0.3 is 15.6 Å². The van der Waals surface area contributed by atoms with Crippen LogP contribution in [0, 0.1) is 5.82 Å². The number of hydrogen-bond donors (Lipinski definition) is 3. The van der Waals surface area contributed by atoms with Crippen molar-refractivity contribution in [3.8, 4) is 0 Å². The van der Waals surface area contributed by atoms with Crippen LogP contribution >= 0.6 is 24.2 Å². The Bertz CT molecular complexity index is 821. The van der Waals surface area contributed by atoms with Gasteiger partial charge in [-0.15, -0.1) is 12.4 Å². The van der Waals surface area contributed by atoms with E-state index in [-0.39, 0.29) is 17.8 Å². The van der Waals surface area contributed by atoms with Crippen LogP contribution in [-0.4, -0.2) is 34.3 Å². The molecule has 0 amide bonds. The predicted octanol–water partition coefficient (Wildman–Crippen LogP) is 3.43. The summed E-state index contributed by atoms with van der Waals surface area (Å²) in [5, 5.41) is 7.32. The number of aromatic nitrogens is 2. The average molecular weight is 399 g/mol. The van der Waals surface area contributed by atoms with E-state index >= 15 is 0 Å². The van der Waals surface area contributed by atoms with Crippen LogP contribution < -0.4 is 16.2 Å². The van der Waals surface area contributed by atoms with Gasteiger partial charge in [0, 0.05) is 17.0 Å². The molecule has 1 saturated carbocycles. The van der Waals surface area contributed by atoms with Gasteiger partial charge in [-0.05, 0) is 57.3 Å². The molecular weight excluding hydrogens is 375 g/mol. The minimum Gasteiger partial charge on any atom is -0.382 e. The van der Waals surface area contributed by atoms with E-state index in [1.165, 1.54) is 12.5 Å². The second kappa shape index (κ2) is 8.59. The van der Waals surface area contributed by atoms with E-state index in [2.05, 4.69) is 20.6 Å². The first kappa shape index (κ1) is 19.5. The van der Waals surface area contributed by atoms with Crippen molar-refractivity contribution < 1.29 is 4.39 Å². The van der Waals surface area contributed by atoms with Crippen LogP contribution in [0.2, 0.25) is 0 Å². The summed E-state index contributed by atoms with van der Waals surface area (Å²) in [6.07, 6.45) is 5.70. The summed E-state index contributed by atoms with van der Waals surface area (Å²) in [6, 6.07) is 3.61. The molecular formula is C18H24ClFN4OS. The fourth-order valence-corrected chi connectivity index (χ4v) is 4.47. The lowest BCUT2D eigenvalue weighted by molar-refractivity contribution is 0.445. The number of aromatic amines is 1. The lowest BCUT2D eigenvalue weighted by atomic mass is 9.93. The van der Waals surface area contributed by atoms with Crippen LogP contribution in [0.5, 0.6) is 0 Å². The lowest BCUT2D eigenvalue weighted by Gasteiger charge is -2.27. The average Bonchev–Trinajstić information content (AvgIpc) is 2.57. The number of fused-ring (bicyclic) bond motifs is 1. The quantitative estimate of drug-likeness (QED) is 0.719. The van der Waals surface area contributed by atoms with Crippen LogP contribution in [0.4, 0.5) is 10.1 Å². The highest BCUT2D eigenvalue weighted by atomic mass is 35.5. The van der Waals surface area contributed by atoms with Crippen LogP contribution in [0.25, 0.3) is 10.9 Å². The molecule has 0 radical (unpaired) electrons. The summed E-state index contributed by atoms with van der Waals surface area (Å²) in [5.41, 5.74) is 0.759. The maximum Gasteiger partial charge on any atom is 0.261 e. The highest BCUT2D eigenvalue weighted by Crippen LogP contribution is 2.27. The standard InChI is InChI=1S/C18H23FN4OS.ClH/c19-14-8-12(21-11-2-1-3-11)9-15-17(14)18(24)23-16(22-15)10-25-13-4-6-20-7-5-13;/h8-9,11,13,20-21H,1-7,10H2,(H,22,23,24);1H. The zero-order valence-corrected chi connectivity index (χ0v) is 16.1. The zero-order valence-electron chi connectivity index (χ0n) is 14.5. The third kappa shape index (κ3) is 4.32. The Kier molecular flexibility index (Phi) is 6.42. The molecule has 0 atom stereocenters. The molecule has 26 heavy (non-hydrogen) atoms. The van der Waals surface area contributed by atoms with Gasteiger partial charge in [-0.25, -0.2) is 9.37 Å². The van der Waals surface area contributed by atoms with E-state index in [4.69, 9.17) is 0 Å². The van der Waals surface area contributed by atoms with E-state index < -0.39 is 11.4 Å². The second-order valence-corrected chi connectivity index (χ2v) is 8.19. The Labute approximate surface area is 162 Å². The molecule has 5 nitrogen and oxygen atoms in total. The largest absolute Gasteiger partial charge is 0.382 e. The molecule has 2 aromatic rings. The molecule has 0 spiro atoms. The fourth-order valence-electron chi connectivity index (χ4n) is 3.37. The Hall–Kier alpha value is -1.31. The van der Waals surface area contributed by atoms with Crippen molar-refractivity contribution in [3.63, 3.8) is 0 Å². The SMILES string of the molecule is Cl.O=c1[nH]c(CSC2CCNCC2)nc2cc(NC3CCC3)cc(F)c12. The molecule has 142 valence electrons. The molecule has 4 rings (SSSR count). The van der Waals surface area contributed by atoms with E-state index in [0.717, 1.165) is 38.8 Å². The molecule has 2 aliphatic rings. The number of benzene rings is 1. The van der Waals surface area contributed by atoms with Gasteiger partial charge in [-0.3, -0.25) is 4.79 Å². The van der Waals surface area contributed by atoms with Gasteiger partial charge in [0.25, 0.3) is 5.56 Å². The number of anilines is 1. The number of halogens is 2. The Morgan fingerprint density at radius 1 is 1.23 bits per heavy atom. The number of nitrogens with one attached hydrogen (secondary N) is 3. The molecule has 1 saturated heterocycles. The maximum absolute atomic E-state index is 14.4. The van der Waals surface area contributed by atoms with Crippen molar-refractivity contribution in [2.24, 2.45) is 0 Å². The first-order chi connectivity index (χ1) is 12.2. The Morgan fingerprint density at radius 3 is 2.69 bits per heavy atom. The molecule has 0 bridgehead atoms. The van der Waals surface area contributed by atoms with Crippen molar-refractivity contribution in [1.29, 1.82) is 0 Å². The number of thioether (sulfide) groups is 1. The van der Waals surface area contributed by atoms with Gasteiger partial charge in [-0.2, -0.15) is 11.8 Å². The van der Waals surface area contributed by atoms with Crippen molar-refractivity contribution in [2.45, 2.75) is 49.1 Å². The highest BCUT2D eigenvalue weighted by molar-refractivity contribution is 7.99. The second-order valence-electron chi connectivity index (χ2n) is 6.90. The first-order valence-corrected chi connectivity index (χ1v) is 10.1. The van der Waals surface area contributed by atoms with E-state index in [1.54, 1.807) is 6.07 Å². The van der Waals surface area contributed by atoms with Gasteiger partial charge in [0.1, 0.15) is 17.0 Å². The topological polar surface area (TPSA) is 69.8 Å². The van der Waals surface area contributed by atoms with Crippen LogP contribution in [-0.2, 0) is 5.75 Å². The summed E-state index contributed by atoms with van der Waals surface area (Å²) >= 11 is 1.82. The first-order valence-electron chi connectivity index (χ1n) is 9.00. The summed E-state index contributed by atoms with van der Waals surface area (Å²) in [5.74, 6) is 0.768. The third-order valence-corrected chi connectivity index (χ3v) is 6.41. The summed E-state index contributed by atoms with van der Waals surface area (Å²) in [4.78, 5) is 19.6. The summed E-state index contributed by atoms with van der Waals surface area (Å²) in [7, 11) is 0. The summed E-state index contributed by atoms with van der Waals surface area (Å²) < 4.78 is 14.4. The molecule has 8 heteroatoms. The number of piperidine rings is 1. The zero-order chi connectivity index (χ0) is 17.2. The lowest BCUT2D eigenvalue weighted by Crippen LogP contribution is -2.29. The third-order valence-electron chi connectivity index (χ3n) is 5.03. The van der Waals surface area contributed by atoms with E-state index in [1.807, 2.05) is 11.8 Å². The molecule has 2 fully saturated rings. The number of H-pyrrole nitrogens is 1. The molecule has 0 unspecified atom stereocenters. The van der Waals surface area contributed by atoms with Gasteiger partial charge in [0.15, 0.2) is 0 Å². The summed E-state index contributed by atoms with van der Waals surface area (Å²) in [6.45, 7) is 2.08. The number of rotatable bonds is 5. The van der Waals surface area contributed by atoms with Gasteiger partial charge in [0.05, 0.1) is 11.3 Å². The molecule has 1 aromatic carbocycles. The van der Waals surface area contributed by atoms with Gasteiger partial charge in [-0.1, -0.05) is 0 Å². The van der Waals surface area contributed by atoms with Crippen LogP contribution in [0.3, 0.4) is 0 Å². The predicted molar refractivity (Wildman–Crippen MR) is 108 cm³/mol. The maximum atomic E-state index is 14.4.